The minimum Gasteiger partial charge on any atom is -0.497 e. The minimum absolute atomic E-state index is 0.134. The SMILES string of the molecule is COc1ccc2nc(NC(=O)C(Cc3ccccc3)NC(=O)c3cc(-c4cc(F)cc(F)c4)nc4ccc(Cl)cc34)sc2c1. The van der Waals surface area contributed by atoms with Gasteiger partial charge in [-0.25, -0.2) is 18.7 Å². The van der Waals surface area contributed by atoms with Gasteiger partial charge in [0.25, 0.3) is 5.91 Å². The Bertz CT molecular complexity index is 2020. The monoisotopic (exact) mass is 628 g/mol. The highest BCUT2D eigenvalue weighted by atomic mass is 35.5. The van der Waals surface area contributed by atoms with Crippen molar-refractivity contribution in [3.63, 3.8) is 0 Å². The van der Waals surface area contributed by atoms with Gasteiger partial charge in [0.05, 0.1) is 34.1 Å². The summed E-state index contributed by atoms with van der Waals surface area (Å²) in [4.78, 5) is 36.6. The second-order valence-corrected chi connectivity index (χ2v) is 11.4. The van der Waals surface area contributed by atoms with E-state index in [1.807, 2.05) is 36.4 Å². The van der Waals surface area contributed by atoms with E-state index in [-0.39, 0.29) is 23.2 Å². The molecule has 0 aliphatic rings. The largest absolute Gasteiger partial charge is 0.497 e. The number of anilines is 1. The maximum Gasteiger partial charge on any atom is 0.252 e. The number of benzene rings is 4. The summed E-state index contributed by atoms with van der Waals surface area (Å²) in [5.41, 5.74) is 2.36. The molecule has 44 heavy (non-hydrogen) atoms. The summed E-state index contributed by atoms with van der Waals surface area (Å²) in [7, 11) is 1.57. The van der Waals surface area contributed by atoms with E-state index in [0.717, 1.165) is 28.5 Å². The second kappa shape index (κ2) is 12.4. The van der Waals surface area contributed by atoms with Crippen LogP contribution >= 0.6 is 22.9 Å². The molecule has 0 aliphatic carbocycles. The van der Waals surface area contributed by atoms with Crippen LogP contribution in [0.5, 0.6) is 5.75 Å². The van der Waals surface area contributed by atoms with Gasteiger partial charge in [-0.1, -0.05) is 53.3 Å². The topological polar surface area (TPSA) is 93.2 Å². The number of hydrogen-bond donors (Lipinski definition) is 2. The lowest BCUT2D eigenvalue weighted by molar-refractivity contribution is -0.118. The van der Waals surface area contributed by atoms with E-state index in [9.17, 15) is 18.4 Å². The van der Waals surface area contributed by atoms with Crippen LogP contribution in [0.3, 0.4) is 0 Å². The van der Waals surface area contributed by atoms with E-state index in [1.165, 1.54) is 17.4 Å². The van der Waals surface area contributed by atoms with Crippen LogP contribution in [0.1, 0.15) is 15.9 Å². The summed E-state index contributed by atoms with van der Waals surface area (Å²) in [6.07, 6.45) is 0.183. The number of ether oxygens (including phenoxy) is 1. The maximum absolute atomic E-state index is 14.1. The van der Waals surface area contributed by atoms with Gasteiger partial charge in [-0.2, -0.15) is 0 Å². The first kappa shape index (κ1) is 29.2. The molecule has 2 heterocycles. The Morgan fingerprint density at radius 1 is 0.909 bits per heavy atom. The number of rotatable bonds is 8. The summed E-state index contributed by atoms with van der Waals surface area (Å²) in [5, 5.41) is 6.83. The number of amides is 2. The fraction of sp³-hybridized carbons (Fsp3) is 0.0909. The van der Waals surface area contributed by atoms with Crippen molar-refractivity contribution in [1.82, 2.24) is 15.3 Å². The Balaban J connectivity index is 1.35. The summed E-state index contributed by atoms with van der Waals surface area (Å²) in [6, 6.07) is 22.9. The van der Waals surface area contributed by atoms with Crippen LogP contribution in [0.15, 0.2) is 91.0 Å². The molecule has 0 saturated carbocycles. The molecule has 1 unspecified atom stereocenters. The van der Waals surface area contributed by atoms with Gasteiger partial charge in [0.15, 0.2) is 5.13 Å². The van der Waals surface area contributed by atoms with Crippen LogP contribution in [0.25, 0.3) is 32.4 Å². The Kier molecular flexibility index (Phi) is 8.19. The fourth-order valence-electron chi connectivity index (χ4n) is 4.81. The van der Waals surface area contributed by atoms with Crippen molar-refractivity contribution < 1.29 is 23.1 Å². The Morgan fingerprint density at radius 3 is 2.41 bits per heavy atom. The predicted octanol–water partition coefficient (Wildman–Crippen LogP) is 7.43. The molecule has 2 N–H and O–H groups in total. The average molecular weight is 629 g/mol. The number of thiazole rings is 1. The zero-order valence-electron chi connectivity index (χ0n) is 23.1. The van der Waals surface area contributed by atoms with Gasteiger partial charge in [0.1, 0.15) is 23.4 Å². The number of carbonyl (C=O) groups is 2. The van der Waals surface area contributed by atoms with Crippen LogP contribution in [0, 0.1) is 11.6 Å². The molecule has 0 fully saturated rings. The number of nitrogens with zero attached hydrogens (tertiary/aromatic N) is 2. The second-order valence-electron chi connectivity index (χ2n) is 9.93. The molecule has 4 aromatic carbocycles. The van der Waals surface area contributed by atoms with Crippen LogP contribution in [-0.4, -0.2) is 34.9 Å². The third-order valence-electron chi connectivity index (χ3n) is 6.90. The van der Waals surface area contributed by atoms with Crippen molar-refractivity contribution in [1.29, 1.82) is 0 Å². The Morgan fingerprint density at radius 2 is 1.66 bits per heavy atom. The number of fused-ring (bicyclic) bond motifs is 2. The number of carbonyl (C=O) groups excluding carboxylic acids is 2. The van der Waals surface area contributed by atoms with Crippen LogP contribution in [-0.2, 0) is 11.2 Å². The maximum atomic E-state index is 14.1. The predicted molar refractivity (Wildman–Crippen MR) is 168 cm³/mol. The summed E-state index contributed by atoms with van der Waals surface area (Å²) in [6.45, 7) is 0. The molecule has 0 aliphatic heterocycles. The molecular formula is C33H23ClF2N4O3S. The normalized spacial score (nSPS) is 11.8. The zero-order valence-corrected chi connectivity index (χ0v) is 24.7. The third-order valence-corrected chi connectivity index (χ3v) is 8.07. The number of hydrogen-bond acceptors (Lipinski definition) is 6. The van der Waals surface area contributed by atoms with E-state index < -0.39 is 29.5 Å². The summed E-state index contributed by atoms with van der Waals surface area (Å²) in [5.74, 6) is -1.97. The van der Waals surface area contributed by atoms with Crippen LogP contribution < -0.4 is 15.4 Å². The minimum atomic E-state index is -1.01. The van der Waals surface area contributed by atoms with Gasteiger partial charge < -0.3 is 15.4 Å². The van der Waals surface area contributed by atoms with Gasteiger partial charge in [0, 0.05) is 28.5 Å². The van der Waals surface area contributed by atoms with E-state index in [1.54, 1.807) is 37.4 Å². The van der Waals surface area contributed by atoms with Crippen molar-refractivity contribution in [3.05, 3.63) is 119 Å². The van der Waals surface area contributed by atoms with Crippen LogP contribution in [0.2, 0.25) is 5.02 Å². The van der Waals surface area contributed by atoms with E-state index >= 15 is 0 Å². The average Bonchev–Trinajstić information content (AvgIpc) is 3.41. The van der Waals surface area contributed by atoms with Gasteiger partial charge in [-0.05, 0) is 60.2 Å². The van der Waals surface area contributed by atoms with Crippen molar-refractivity contribution in [3.8, 4) is 17.0 Å². The van der Waals surface area contributed by atoms with Crippen LogP contribution in [0.4, 0.5) is 13.9 Å². The molecule has 0 spiro atoms. The lowest BCUT2D eigenvalue weighted by atomic mass is 10.0. The van der Waals surface area contributed by atoms with E-state index in [0.29, 0.717) is 32.3 Å². The molecule has 220 valence electrons. The first-order valence-corrected chi connectivity index (χ1v) is 14.6. The highest BCUT2D eigenvalue weighted by molar-refractivity contribution is 7.22. The van der Waals surface area contributed by atoms with E-state index in [4.69, 9.17) is 16.3 Å². The number of nitrogens with one attached hydrogen (secondary N) is 2. The van der Waals surface area contributed by atoms with Gasteiger partial charge in [0.2, 0.25) is 5.91 Å². The number of methoxy groups -OCH3 is 1. The van der Waals surface area contributed by atoms with Gasteiger partial charge in [-0.3, -0.25) is 9.59 Å². The van der Waals surface area contributed by atoms with Crippen molar-refractivity contribution in [2.75, 3.05) is 12.4 Å². The lowest BCUT2D eigenvalue weighted by Gasteiger charge is -2.19. The number of aromatic nitrogens is 2. The highest BCUT2D eigenvalue weighted by Gasteiger charge is 2.25. The first-order valence-electron chi connectivity index (χ1n) is 13.4. The summed E-state index contributed by atoms with van der Waals surface area (Å²) >= 11 is 7.54. The Hall–Kier alpha value is -4.93. The molecular weight excluding hydrogens is 606 g/mol. The van der Waals surface area contributed by atoms with Crippen molar-refractivity contribution in [2.24, 2.45) is 0 Å². The number of halogens is 3. The zero-order chi connectivity index (χ0) is 30.8. The third kappa shape index (κ3) is 6.36. The fourth-order valence-corrected chi connectivity index (χ4v) is 5.88. The van der Waals surface area contributed by atoms with Gasteiger partial charge in [-0.15, -0.1) is 0 Å². The van der Waals surface area contributed by atoms with Gasteiger partial charge >= 0.3 is 0 Å². The number of pyridine rings is 1. The molecule has 6 aromatic rings. The Labute approximate surface area is 259 Å². The van der Waals surface area contributed by atoms with E-state index in [2.05, 4.69) is 20.6 Å². The van der Waals surface area contributed by atoms with Crippen molar-refractivity contribution in [2.45, 2.75) is 12.5 Å². The summed E-state index contributed by atoms with van der Waals surface area (Å²) < 4.78 is 34.3. The molecule has 7 nitrogen and oxygen atoms in total. The first-order chi connectivity index (χ1) is 21.2. The molecule has 0 bridgehead atoms. The highest BCUT2D eigenvalue weighted by Crippen LogP contribution is 2.30. The molecule has 11 heteroatoms. The molecule has 0 radical (unpaired) electrons. The quantitative estimate of drug-likeness (QED) is 0.183. The molecule has 2 amide bonds. The molecule has 2 aromatic heterocycles. The molecule has 1 atom stereocenters. The smallest absolute Gasteiger partial charge is 0.252 e. The standard InChI is InChI=1S/C33H23ClF2N4O3S/c1-43-23-8-10-27-30(16-23)44-33(39-27)40-32(42)29(11-18-5-3-2-4-6-18)38-31(41)25-17-28(19-12-21(35)15-22(36)13-19)37-26-9-7-20(34)14-24(25)26/h2-10,12-17,29H,11H2,1H3,(H,38,41)(H,39,40,42). The molecule has 6 rings (SSSR count). The van der Waals surface area contributed by atoms with Crippen molar-refractivity contribution >= 4 is 61.0 Å². The lowest BCUT2D eigenvalue weighted by Crippen LogP contribution is -2.45. The molecule has 0 saturated heterocycles.